The number of benzene rings is 1. The highest BCUT2D eigenvalue weighted by Gasteiger charge is 2.03. The second kappa shape index (κ2) is 6.90. The number of nitrogens with one attached hydrogen (secondary N) is 1. The van der Waals surface area contributed by atoms with Gasteiger partial charge >= 0.3 is 0 Å². The number of aromatic nitrogens is 1. The van der Waals surface area contributed by atoms with Crippen molar-refractivity contribution in [3.05, 3.63) is 53.7 Å². The number of ether oxygens (including phenoxy) is 1. The summed E-state index contributed by atoms with van der Waals surface area (Å²) in [6, 6.07) is 12.0. The molecule has 1 N–H and O–H groups in total. The summed E-state index contributed by atoms with van der Waals surface area (Å²) in [6.07, 6.45) is 2.81. The van der Waals surface area contributed by atoms with Gasteiger partial charge in [0.1, 0.15) is 5.75 Å². The molecule has 2 rings (SSSR count). The lowest BCUT2D eigenvalue weighted by molar-refractivity contribution is 0.457. The summed E-state index contributed by atoms with van der Waals surface area (Å²) in [6.45, 7) is 6.01. The summed E-state index contributed by atoms with van der Waals surface area (Å²) in [5.41, 5.74) is 2.36. The van der Waals surface area contributed by atoms with Gasteiger partial charge in [-0.2, -0.15) is 0 Å². The number of hydrogen-bond acceptors (Lipinski definition) is 3. The van der Waals surface area contributed by atoms with Crippen LogP contribution in [0.4, 0.5) is 0 Å². The summed E-state index contributed by atoms with van der Waals surface area (Å²) < 4.78 is 5.83. The Balaban J connectivity index is 2.06. The van der Waals surface area contributed by atoms with Gasteiger partial charge in [-0.05, 0) is 30.2 Å². The van der Waals surface area contributed by atoms with E-state index in [1.165, 1.54) is 5.56 Å². The number of para-hydroxylation sites is 1. The van der Waals surface area contributed by atoms with Crippen LogP contribution in [0.3, 0.4) is 0 Å². The lowest BCUT2D eigenvalue weighted by atomic mass is 10.1. The first-order valence-corrected chi connectivity index (χ1v) is 6.75. The first-order chi connectivity index (χ1) is 9.33. The third kappa shape index (κ3) is 3.80. The molecular weight excluding hydrogens is 236 g/mol. The summed E-state index contributed by atoms with van der Waals surface area (Å²) in [4.78, 5) is 4.34. The van der Waals surface area contributed by atoms with E-state index in [-0.39, 0.29) is 0 Å². The van der Waals surface area contributed by atoms with Crippen LogP contribution in [0.5, 0.6) is 11.6 Å². The van der Waals surface area contributed by atoms with Gasteiger partial charge in [-0.15, -0.1) is 0 Å². The van der Waals surface area contributed by atoms with E-state index in [9.17, 15) is 0 Å². The van der Waals surface area contributed by atoms with E-state index >= 15 is 0 Å². The minimum atomic E-state index is 0.640. The molecule has 1 aromatic heterocycles. The molecule has 0 fully saturated rings. The number of aryl methyl sites for hydroxylation is 1. The molecular formula is C16H20N2O. The largest absolute Gasteiger partial charge is 0.439 e. The SMILES string of the molecule is CCNCc1ccc(Oc2ccccc2CC)nc1. The van der Waals surface area contributed by atoms with Crippen molar-refractivity contribution >= 4 is 0 Å². The predicted molar refractivity (Wildman–Crippen MR) is 77.5 cm³/mol. The fourth-order valence-corrected chi connectivity index (χ4v) is 1.85. The molecule has 2 aromatic rings. The van der Waals surface area contributed by atoms with Crippen molar-refractivity contribution in [1.82, 2.24) is 10.3 Å². The normalized spacial score (nSPS) is 10.4. The van der Waals surface area contributed by atoms with Crippen molar-refractivity contribution in [1.29, 1.82) is 0 Å². The Morgan fingerprint density at radius 1 is 1.11 bits per heavy atom. The van der Waals surface area contributed by atoms with Crippen LogP contribution in [0.25, 0.3) is 0 Å². The van der Waals surface area contributed by atoms with E-state index in [2.05, 4.69) is 30.2 Å². The van der Waals surface area contributed by atoms with Crippen molar-refractivity contribution < 1.29 is 4.74 Å². The third-order valence-corrected chi connectivity index (χ3v) is 2.94. The predicted octanol–water partition coefficient (Wildman–Crippen LogP) is 3.55. The lowest BCUT2D eigenvalue weighted by Crippen LogP contribution is -2.11. The second-order valence-electron chi connectivity index (χ2n) is 4.35. The highest BCUT2D eigenvalue weighted by Crippen LogP contribution is 2.24. The smallest absolute Gasteiger partial charge is 0.219 e. The van der Waals surface area contributed by atoms with Crippen LogP contribution >= 0.6 is 0 Å². The molecule has 19 heavy (non-hydrogen) atoms. The molecule has 3 nitrogen and oxygen atoms in total. The molecule has 0 aliphatic heterocycles. The molecule has 0 radical (unpaired) electrons. The first-order valence-electron chi connectivity index (χ1n) is 6.75. The van der Waals surface area contributed by atoms with Gasteiger partial charge in [0.2, 0.25) is 5.88 Å². The van der Waals surface area contributed by atoms with Gasteiger partial charge < -0.3 is 10.1 Å². The first kappa shape index (κ1) is 13.6. The monoisotopic (exact) mass is 256 g/mol. The number of rotatable bonds is 6. The Kier molecular flexibility index (Phi) is 4.93. The molecule has 1 heterocycles. The third-order valence-electron chi connectivity index (χ3n) is 2.94. The van der Waals surface area contributed by atoms with Crippen LogP contribution in [-0.4, -0.2) is 11.5 Å². The fraction of sp³-hybridized carbons (Fsp3) is 0.312. The van der Waals surface area contributed by atoms with Crippen molar-refractivity contribution in [2.75, 3.05) is 6.54 Å². The Hall–Kier alpha value is -1.87. The zero-order chi connectivity index (χ0) is 13.5. The number of pyridine rings is 1. The van der Waals surface area contributed by atoms with E-state index in [4.69, 9.17) is 4.74 Å². The Morgan fingerprint density at radius 3 is 2.63 bits per heavy atom. The van der Waals surface area contributed by atoms with Crippen LogP contribution in [0.15, 0.2) is 42.6 Å². The Morgan fingerprint density at radius 2 is 1.95 bits per heavy atom. The lowest BCUT2D eigenvalue weighted by Gasteiger charge is -2.09. The fourth-order valence-electron chi connectivity index (χ4n) is 1.85. The molecule has 0 saturated heterocycles. The van der Waals surface area contributed by atoms with Gasteiger partial charge in [0, 0.05) is 18.8 Å². The van der Waals surface area contributed by atoms with Crippen LogP contribution < -0.4 is 10.1 Å². The molecule has 0 aliphatic carbocycles. The van der Waals surface area contributed by atoms with E-state index < -0.39 is 0 Å². The standard InChI is InChI=1S/C16H20N2O/c1-3-14-7-5-6-8-15(14)19-16-10-9-13(12-18-16)11-17-4-2/h5-10,12,17H,3-4,11H2,1-2H3. The molecule has 0 spiro atoms. The van der Waals surface area contributed by atoms with Gasteiger partial charge in [-0.1, -0.05) is 38.1 Å². The quantitative estimate of drug-likeness (QED) is 0.858. The minimum absolute atomic E-state index is 0.640. The molecule has 0 unspecified atom stereocenters. The molecule has 100 valence electrons. The average Bonchev–Trinajstić information content (AvgIpc) is 2.47. The summed E-state index contributed by atoms with van der Waals surface area (Å²) in [5, 5.41) is 3.27. The molecule has 0 atom stereocenters. The maximum absolute atomic E-state index is 5.83. The summed E-state index contributed by atoms with van der Waals surface area (Å²) in [5.74, 6) is 1.53. The number of hydrogen-bond donors (Lipinski definition) is 1. The summed E-state index contributed by atoms with van der Waals surface area (Å²) in [7, 11) is 0. The second-order valence-corrected chi connectivity index (χ2v) is 4.35. The maximum atomic E-state index is 5.83. The van der Waals surface area contributed by atoms with E-state index in [0.29, 0.717) is 5.88 Å². The zero-order valence-electron chi connectivity index (χ0n) is 11.5. The Labute approximate surface area is 114 Å². The zero-order valence-corrected chi connectivity index (χ0v) is 11.5. The van der Waals surface area contributed by atoms with Crippen LogP contribution in [0, 0.1) is 0 Å². The summed E-state index contributed by atoms with van der Waals surface area (Å²) >= 11 is 0. The van der Waals surface area contributed by atoms with Crippen LogP contribution in [0.2, 0.25) is 0 Å². The molecule has 0 amide bonds. The highest BCUT2D eigenvalue weighted by atomic mass is 16.5. The van der Waals surface area contributed by atoms with Crippen LogP contribution in [-0.2, 0) is 13.0 Å². The van der Waals surface area contributed by atoms with E-state index in [1.807, 2.05) is 36.5 Å². The van der Waals surface area contributed by atoms with Crippen molar-refractivity contribution in [2.24, 2.45) is 0 Å². The van der Waals surface area contributed by atoms with Gasteiger partial charge in [0.25, 0.3) is 0 Å². The van der Waals surface area contributed by atoms with Gasteiger partial charge in [-0.3, -0.25) is 0 Å². The molecule has 0 bridgehead atoms. The van der Waals surface area contributed by atoms with Crippen LogP contribution in [0.1, 0.15) is 25.0 Å². The molecule has 1 aromatic carbocycles. The topological polar surface area (TPSA) is 34.1 Å². The molecule has 3 heteroatoms. The van der Waals surface area contributed by atoms with Gasteiger partial charge in [0.15, 0.2) is 0 Å². The number of nitrogens with zero attached hydrogens (tertiary/aromatic N) is 1. The van der Waals surface area contributed by atoms with Crippen molar-refractivity contribution in [2.45, 2.75) is 26.8 Å². The van der Waals surface area contributed by atoms with E-state index in [0.717, 1.165) is 30.8 Å². The van der Waals surface area contributed by atoms with Crippen molar-refractivity contribution in [3.8, 4) is 11.6 Å². The van der Waals surface area contributed by atoms with E-state index in [1.54, 1.807) is 0 Å². The Bertz CT molecular complexity index is 508. The molecule has 0 aliphatic rings. The van der Waals surface area contributed by atoms with Crippen molar-refractivity contribution in [3.63, 3.8) is 0 Å². The average molecular weight is 256 g/mol. The van der Waals surface area contributed by atoms with Gasteiger partial charge in [0.05, 0.1) is 0 Å². The molecule has 0 saturated carbocycles. The van der Waals surface area contributed by atoms with Gasteiger partial charge in [-0.25, -0.2) is 4.98 Å². The minimum Gasteiger partial charge on any atom is -0.439 e. The highest BCUT2D eigenvalue weighted by molar-refractivity contribution is 5.36. The maximum Gasteiger partial charge on any atom is 0.219 e.